The van der Waals surface area contributed by atoms with E-state index < -0.39 is 0 Å². The van der Waals surface area contributed by atoms with E-state index in [1.54, 1.807) is 53.5 Å². The normalized spacial score (nSPS) is 10.5. The molecule has 0 aliphatic carbocycles. The van der Waals surface area contributed by atoms with Crippen LogP contribution in [-0.2, 0) is 0 Å². The molecule has 0 fully saturated rings. The summed E-state index contributed by atoms with van der Waals surface area (Å²) in [6, 6.07) is 20.2. The lowest BCUT2D eigenvalue weighted by Gasteiger charge is -2.14. The Balaban J connectivity index is 1.98. The molecule has 0 saturated carbocycles. The van der Waals surface area contributed by atoms with E-state index in [0.29, 0.717) is 39.8 Å². The zero-order chi connectivity index (χ0) is 22.5. The second kappa shape index (κ2) is 9.51. The zero-order valence-electron chi connectivity index (χ0n) is 17.5. The van der Waals surface area contributed by atoms with Crippen LogP contribution in [0.3, 0.4) is 0 Å². The zero-order valence-corrected chi connectivity index (χ0v) is 18.2. The first kappa shape index (κ1) is 21.4. The lowest BCUT2D eigenvalue weighted by molar-refractivity contribution is 0.317. The Hall–Kier alpha value is -3.88. The molecule has 6 heteroatoms. The van der Waals surface area contributed by atoms with Crippen molar-refractivity contribution >= 4 is 11.6 Å². The molecule has 158 valence electrons. The standard InChI is InChI=1S/C26H20ClN3O2/c1-2-10-32-23-12-19(11-21(27)14-23)25-13-20(24-8-4-3-6-18(24)15-28)17-30(26(25)31)22-7-5-9-29-16-22/h3-9,11-14,16-17H,2,10H2,1H3. The first-order valence-corrected chi connectivity index (χ1v) is 10.6. The minimum Gasteiger partial charge on any atom is -0.494 e. The summed E-state index contributed by atoms with van der Waals surface area (Å²) in [5.41, 5.74) is 3.48. The van der Waals surface area contributed by atoms with Crippen LogP contribution in [0, 0.1) is 11.3 Å². The van der Waals surface area contributed by atoms with Gasteiger partial charge in [-0.1, -0.05) is 36.7 Å². The van der Waals surface area contributed by atoms with Gasteiger partial charge in [-0.3, -0.25) is 14.3 Å². The van der Waals surface area contributed by atoms with Crippen molar-refractivity contribution in [3.8, 4) is 39.8 Å². The van der Waals surface area contributed by atoms with E-state index in [1.807, 2.05) is 37.3 Å². The Morgan fingerprint density at radius 3 is 2.66 bits per heavy atom. The summed E-state index contributed by atoms with van der Waals surface area (Å²) in [6.07, 6.45) is 5.87. The topological polar surface area (TPSA) is 67.9 Å². The van der Waals surface area contributed by atoms with Gasteiger partial charge in [-0.2, -0.15) is 5.26 Å². The van der Waals surface area contributed by atoms with Gasteiger partial charge in [0.1, 0.15) is 5.75 Å². The highest BCUT2D eigenvalue weighted by Crippen LogP contribution is 2.31. The molecule has 0 spiro atoms. The number of rotatable bonds is 6. The van der Waals surface area contributed by atoms with Crippen LogP contribution >= 0.6 is 11.6 Å². The minimum atomic E-state index is -0.222. The first-order valence-electron chi connectivity index (χ1n) is 10.2. The molecule has 0 radical (unpaired) electrons. The van der Waals surface area contributed by atoms with Gasteiger partial charge in [0.25, 0.3) is 5.56 Å². The highest BCUT2D eigenvalue weighted by atomic mass is 35.5. The van der Waals surface area contributed by atoms with Crippen LogP contribution < -0.4 is 10.3 Å². The molecule has 4 rings (SSSR count). The molecule has 2 aromatic carbocycles. The van der Waals surface area contributed by atoms with Crippen LogP contribution in [0.5, 0.6) is 5.75 Å². The summed E-state index contributed by atoms with van der Waals surface area (Å²) < 4.78 is 7.30. The summed E-state index contributed by atoms with van der Waals surface area (Å²) in [4.78, 5) is 17.7. The molecule has 0 aliphatic heterocycles. The van der Waals surface area contributed by atoms with Gasteiger partial charge >= 0.3 is 0 Å². The Morgan fingerprint density at radius 2 is 1.91 bits per heavy atom. The number of hydrogen-bond acceptors (Lipinski definition) is 4. The summed E-state index contributed by atoms with van der Waals surface area (Å²) >= 11 is 6.35. The summed E-state index contributed by atoms with van der Waals surface area (Å²) in [7, 11) is 0. The number of ether oxygens (including phenoxy) is 1. The number of halogens is 1. The molecule has 0 atom stereocenters. The fourth-order valence-electron chi connectivity index (χ4n) is 3.48. The second-order valence-corrected chi connectivity index (χ2v) is 7.65. The first-order chi connectivity index (χ1) is 15.6. The van der Waals surface area contributed by atoms with Crippen molar-refractivity contribution in [3.63, 3.8) is 0 Å². The SMILES string of the molecule is CCCOc1cc(Cl)cc(-c2cc(-c3ccccc3C#N)cn(-c3cccnc3)c2=O)c1. The van der Waals surface area contributed by atoms with Gasteiger partial charge < -0.3 is 4.74 Å². The summed E-state index contributed by atoms with van der Waals surface area (Å²) in [5.74, 6) is 0.601. The fraction of sp³-hybridized carbons (Fsp3) is 0.115. The third-order valence-electron chi connectivity index (χ3n) is 4.96. The average Bonchev–Trinajstić information content (AvgIpc) is 2.83. The maximum Gasteiger partial charge on any atom is 0.263 e. The van der Waals surface area contributed by atoms with Gasteiger partial charge in [0, 0.05) is 34.1 Å². The van der Waals surface area contributed by atoms with Crippen molar-refractivity contribution in [1.82, 2.24) is 9.55 Å². The molecule has 0 bridgehead atoms. The molecule has 2 heterocycles. The van der Waals surface area contributed by atoms with Crippen molar-refractivity contribution in [2.24, 2.45) is 0 Å². The lowest BCUT2D eigenvalue weighted by atomic mass is 9.98. The van der Waals surface area contributed by atoms with Crippen molar-refractivity contribution in [3.05, 3.63) is 100 Å². The van der Waals surface area contributed by atoms with Crippen LogP contribution in [0.15, 0.2) is 84.0 Å². The van der Waals surface area contributed by atoms with Gasteiger partial charge in [-0.25, -0.2) is 0 Å². The fourth-order valence-corrected chi connectivity index (χ4v) is 3.70. The van der Waals surface area contributed by atoms with Gasteiger partial charge in [-0.05, 0) is 54.4 Å². The Bertz CT molecular complexity index is 1360. The lowest BCUT2D eigenvalue weighted by Crippen LogP contribution is -2.20. The molecule has 0 N–H and O–H groups in total. The van der Waals surface area contributed by atoms with Crippen molar-refractivity contribution in [2.75, 3.05) is 6.61 Å². The van der Waals surface area contributed by atoms with E-state index in [-0.39, 0.29) is 5.56 Å². The van der Waals surface area contributed by atoms with E-state index in [2.05, 4.69) is 11.1 Å². The van der Waals surface area contributed by atoms with Crippen LogP contribution in [0.25, 0.3) is 27.9 Å². The molecule has 32 heavy (non-hydrogen) atoms. The van der Waals surface area contributed by atoms with E-state index >= 15 is 0 Å². The number of nitriles is 1. The predicted molar refractivity (Wildman–Crippen MR) is 126 cm³/mol. The molecule has 0 amide bonds. The molecular formula is C26H20ClN3O2. The third kappa shape index (κ3) is 4.41. The highest BCUT2D eigenvalue weighted by molar-refractivity contribution is 6.31. The molecule has 0 aliphatic rings. The third-order valence-corrected chi connectivity index (χ3v) is 5.17. The summed E-state index contributed by atoms with van der Waals surface area (Å²) in [6.45, 7) is 2.57. The number of aromatic nitrogens is 2. The molecule has 0 unspecified atom stereocenters. The highest BCUT2D eigenvalue weighted by Gasteiger charge is 2.15. The van der Waals surface area contributed by atoms with Gasteiger partial charge in [0.05, 0.1) is 30.1 Å². The van der Waals surface area contributed by atoms with Crippen LogP contribution in [-0.4, -0.2) is 16.2 Å². The van der Waals surface area contributed by atoms with Crippen molar-refractivity contribution < 1.29 is 4.74 Å². The van der Waals surface area contributed by atoms with Gasteiger partial charge in [0.15, 0.2) is 0 Å². The Kier molecular flexibility index (Phi) is 6.34. The smallest absolute Gasteiger partial charge is 0.263 e. The van der Waals surface area contributed by atoms with E-state index in [1.165, 1.54) is 0 Å². The average molecular weight is 442 g/mol. The quantitative estimate of drug-likeness (QED) is 0.374. The van der Waals surface area contributed by atoms with Crippen molar-refractivity contribution in [1.29, 1.82) is 5.26 Å². The van der Waals surface area contributed by atoms with Crippen LogP contribution in [0.2, 0.25) is 5.02 Å². The largest absolute Gasteiger partial charge is 0.494 e. The van der Waals surface area contributed by atoms with Gasteiger partial charge in [0.2, 0.25) is 0 Å². The molecular weight excluding hydrogens is 422 g/mol. The van der Waals surface area contributed by atoms with E-state index in [4.69, 9.17) is 16.3 Å². The van der Waals surface area contributed by atoms with Gasteiger partial charge in [-0.15, -0.1) is 0 Å². The predicted octanol–water partition coefficient (Wildman–Crippen LogP) is 5.88. The molecule has 0 saturated heterocycles. The van der Waals surface area contributed by atoms with Crippen LogP contribution in [0.1, 0.15) is 18.9 Å². The maximum atomic E-state index is 13.5. The molecule has 5 nitrogen and oxygen atoms in total. The monoisotopic (exact) mass is 441 g/mol. The molecule has 4 aromatic rings. The Morgan fingerprint density at radius 1 is 1.06 bits per heavy atom. The van der Waals surface area contributed by atoms with Crippen LogP contribution in [0.4, 0.5) is 0 Å². The van der Waals surface area contributed by atoms with E-state index in [9.17, 15) is 10.1 Å². The molecule has 2 aromatic heterocycles. The second-order valence-electron chi connectivity index (χ2n) is 7.21. The van der Waals surface area contributed by atoms with E-state index in [0.717, 1.165) is 17.5 Å². The summed E-state index contributed by atoms with van der Waals surface area (Å²) in [5, 5.41) is 10.1. The number of hydrogen-bond donors (Lipinski definition) is 0. The maximum absolute atomic E-state index is 13.5. The van der Waals surface area contributed by atoms with Crippen molar-refractivity contribution in [2.45, 2.75) is 13.3 Å². The number of benzene rings is 2. The minimum absolute atomic E-state index is 0.222. The number of pyridine rings is 2. The number of nitrogens with zero attached hydrogens (tertiary/aromatic N) is 3. The Labute approximate surface area is 191 Å².